The van der Waals surface area contributed by atoms with E-state index in [2.05, 4.69) is 9.88 Å². The minimum absolute atomic E-state index is 0.0158. The molecule has 3 fully saturated rings. The number of aromatic nitrogens is 1. The summed E-state index contributed by atoms with van der Waals surface area (Å²) in [4.78, 5) is 20.8. The zero-order valence-electron chi connectivity index (χ0n) is 16.8. The van der Waals surface area contributed by atoms with Gasteiger partial charge in [-0.05, 0) is 57.1 Å². The fourth-order valence-corrected chi connectivity index (χ4v) is 5.10. The fourth-order valence-electron chi connectivity index (χ4n) is 5.10. The average molecular weight is 388 g/mol. The molecular weight excluding hydrogens is 354 g/mol. The van der Waals surface area contributed by atoms with Crippen molar-refractivity contribution in [2.75, 3.05) is 24.5 Å². The fraction of sp³-hybridized carbons (Fsp3) is 0.727. The highest BCUT2D eigenvalue weighted by molar-refractivity contribution is 5.70. The Morgan fingerprint density at radius 1 is 1.14 bits per heavy atom. The number of anilines is 1. The minimum Gasteiger partial charge on any atom is -0.444 e. The van der Waals surface area contributed by atoms with Crippen molar-refractivity contribution >= 4 is 11.8 Å². The maximum Gasteiger partial charge on any atom is 0.410 e. The first-order valence-corrected chi connectivity index (χ1v) is 11.0. The number of pyridine rings is 1. The summed E-state index contributed by atoms with van der Waals surface area (Å²) in [5.74, 6) is 0. The number of carbonyl (C=O) groups excluding carboxylic acids is 1. The number of cyclic esters (lactones) is 1. The molecule has 1 unspecified atom stereocenters. The molecule has 0 bridgehead atoms. The van der Waals surface area contributed by atoms with E-state index < -0.39 is 5.60 Å². The van der Waals surface area contributed by atoms with Gasteiger partial charge in [-0.25, -0.2) is 4.79 Å². The van der Waals surface area contributed by atoms with Crippen LogP contribution in [0.15, 0.2) is 24.5 Å². The van der Waals surface area contributed by atoms with Crippen LogP contribution in [0.4, 0.5) is 10.5 Å². The Balaban J connectivity index is 1.22. The molecule has 28 heavy (non-hydrogen) atoms. The molecule has 1 N–H and O–H groups in total. The van der Waals surface area contributed by atoms with E-state index in [0.29, 0.717) is 6.54 Å². The number of hydrogen-bond donors (Lipinski definition) is 1. The Hall–Kier alpha value is -1.82. The van der Waals surface area contributed by atoms with Crippen molar-refractivity contribution in [3.8, 4) is 0 Å². The molecule has 3 aliphatic rings. The quantitative estimate of drug-likeness (QED) is 0.805. The molecule has 2 saturated heterocycles. The van der Waals surface area contributed by atoms with Crippen molar-refractivity contribution in [1.82, 2.24) is 9.88 Å². The number of carbonyl (C=O) groups is 1. The van der Waals surface area contributed by atoms with Gasteiger partial charge in [-0.3, -0.25) is 4.98 Å². The van der Waals surface area contributed by atoms with Gasteiger partial charge in [-0.15, -0.1) is 0 Å². The lowest BCUT2D eigenvalue weighted by Crippen LogP contribution is -2.45. The van der Waals surface area contributed by atoms with Crippen molar-refractivity contribution in [3.63, 3.8) is 0 Å². The largest absolute Gasteiger partial charge is 0.444 e. The van der Waals surface area contributed by atoms with Crippen LogP contribution in [0.2, 0.25) is 0 Å². The minimum atomic E-state index is -0.472. The van der Waals surface area contributed by atoms with Crippen LogP contribution >= 0.6 is 0 Å². The molecule has 0 radical (unpaired) electrons. The second-order valence-corrected chi connectivity index (χ2v) is 8.76. The van der Waals surface area contributed by atoms with E-state index in [1.54, 1.807) is 0 Å². The van der Waals surface area contributed by atoms with Gasteiger partial charge >= 0.3 is 6.09 Å². The van der Waals surface area contributed by atoms with Crippen LogP contribution in [0.25, 0.3) is 0 Å². The van der Waals surface area contributed by atoms with Gasteiger partial charge in [0, 0.05) is 37.2 Å². The summed E-state index contributed by atoms with van der Waals surface area (Å²) in [6.45, 7) is 2.61. The maximum absolute atomic E-state index is 12.4. The number of rotatable bonds is 6. The lowest BCUT2D eigenvalue weighted by molar-refractivity contribution is -0.00773. The number of aliphatic hydroxyl groups is 1. The lowest BCUT2D eigenvalue weighted by atomic mass is 9.81. The van der Waals surface area contributed by atoms with Crippen LogP contribution < -0.4 is 4.90 Å². The van der Waals surface area contributed by atoms with Gasteiger partial charge in [-0.1, -0.05) is 19.3 Å². The molecule has 1 saturated carbocycles. The molecule has 6 nitrogen and oxygen atoms in total. The van der Waals surface area contributed by atoms with Crippen molar-refractivity contribution in [2.24, 2.45) is 0 Å². The van der Waals surface area contributed by atoms with Gasteiger partial charge in [0.2, 0.25) is 0 Å². The van der Waals surface area contributed by atoms with Gasteiger partial charge in [0.15, 0.2) is 0 Å². The molecule has 1 aliphatic carbocycles. The van der Waals surface area contributed by atoms with Crippen molar-refractivity contribution in [3.05, 3.63) is 24.5 Å². The third-order valence-electron chi connectivity index (χ3n) is 6.79. The highest BCUT2D eigenvalue weighted by Crippen LogP contribution is 2.33. The van der Waals surface area contributed by atoms with Crippen LogP contribution in [0.5, 0.6) is 0 Å². The molecule has 0 aromatic carbocycles. The number of hydrogen-bond acceptors (Lipinski definition) is 5. The molecule has 1 aromatic rings. The number of amides is 1. The van der Waals surface area contributed by atoms with Crippen molar-refractivity contribution in [1.29, 1.82) is 0 Å². The molecule has 3 heterocycles. The predicted molar refractivity (Wildman–Crippen MR) is 108 cm³/mol. The number of nitrogens with zero attached hydrogens (tertiary/aromatic N) is 3. The smallest absolute Gasteiger partial charge is 0.410 e. The van der Waals surface area contributed by atoms with Gasteiger partial charge < -0.3 is 19.6 Å². The van der Waals surface area contributed by atoms with E-state index in [0.717, 1.165) is 70.9 Å². The summed E-state index contributed by atoms with van der Waals surface area (Å²) < 4.78 is 5.64. The first-order chi connectivity index (χ1) is 13.6. The molecule has 2 aliphatic heterocycles. The third kappa shape index (κ3) is 4.59. The maximum atomic E-state index is 12.4. The normalized spacial score (nSPS) is 25.8. The van der Waals surface area contributed by atoms with Gasteiger partial charge in [0.25, 0.3) is 0 Å². The lowest BCUT2D eigenvalue weighted by Gasteiger charge is -2.36. The van der Waals surface area contributed by atoms with Crippen LogP contribution in [0.1, 0.15) is 64.2 Å². The Bertz CT molecular complexity index is 640. The zero-order valence-corrected chi connectivity index (χ0v) is 16.8. The van der Waals surface area contributed by atoms with E-state index in [9.17, 15) is 9.90 Å². The first kappa shape index (κ1) is 19.5. The number of piperidine rings is 1. The summed E-state index contributed by atoms with van der Waals surface area (Å²) in [5.41, 5.74) is 0.733. The average Bonchev–Trinajstić information content (AvgIpc) is 3.09. The summed E-state index contributed by atoms with van der Waals surface area (Å²) in [6.07, 6.45) is 13.5. The molecule has 0 spiro atoms. The summed E-state index contributed by atoms with van der Waals surface area (Å²) in [7, 11) is 0. The summed E-state index contributed by atoms with van der Waals surface area (Å²) in [6, 6.07) is 4.36. The SMILES string of the molecule is O=C1OC(CCCC2(O)CCCCC2)CN1C1CCN(c2ccncc2)CC1. The van der Waals surface area contributed by atoms with Crippen molar-refractivity contribution < 1.29 is 14.6 Å². The standard InChI is InChI=1S/C22H33N3O3/c26-21-25(19-8-15-24(16-9-19)18-6-13-23-14-7-18)17-20(28-21)5-4-12-22(27)10-2-1-3-11-22/h6-7,13-14,19-20,27H,1-5,8-12,15-17H2. The Morgan fingerprint density at radius 3 is 2.57 bits per heavy atom. The van der Waals surface area contributed by atoms with E-state index in [4.69, 9.17) is 4.74 Å². The highest BCUT2D eigenvalue weighted by Gasteiger charge is 2.37. The predicted octanol–water partition coefficient (Wildman–Crippen LogP) is 3.74. The van der Waals surface area contributed by atoms with Crippen LogP contribution in [-0.2, 0) is 4.74 Å². The molecule has 1 aromatic heterocycles. The molecule has 1 atom stereocenters. The second-order valence-electron chi connectivity index (χ2n) is 8.76. The highest BCUT2D eigenvalue weighted by atomic mass is 16.6. The topological polar surface area (TPSA) is 65.9 Å². The summed E-state index contributed by atoms with van der Waals surface area (Å²) in [5, 5.41) is 10.6. The van der Waals surface area contributed by atoms with E-state index in [1.807, 2.05) is 29.4 Å². The van der Waals surface area contributed by atoms with Gasteiger partial charge in [-0.2, -0.15) is 0 Å². The van der Waals surface area contributed by atoms with Gasteiger partial charge in [0.1, 0.15) is 6.10 Å². The van der Waals surface area contributed by atoms with Crippen LogP contribution in [0, 0.1) is 0 Å². The van der Waals surface area contributed by atoms with E-state index in [-0.39, 0.29) is 18.2 Å². The molecule has 1 amide bonds. The van der Waals surface area contributed by atoms with E-state index >= 15 is 0 Å². The Morgan fingerprint density at radius 2 is 1.86 bits per heavy atom. The van der Waals surface area contributed by atoms with Crippen LogP contribution in [0.3, 0.4) is 0 Å². The zero-order chi connectivity index (χ0) is 19.4. The number of ether oxygens (including phenoxy) is 1. The van der Waals surface area contributed by atoms with Gasteiger partial charge in [0.05, 0.1) is 12.1 Å². The molecule has 154 valence electrons. The molecular formula is C22H33N3O3. The Kier molecular flexibility index (Phi) is 6.04. The van der Waals surface area contributed by atoms with Crippen LogP contribution in [-0.4, -0.2) is 58.5 Å². The van der Waals surface area contributed by atoms with Crippen molar-refractivity contribution in [2.45, 2.75) is 82.0 Å². The second kappa shape index (κ2) is 8.68. The molecule has 4 rings (SSSR count). The third-order valence-corrected chi connectivity index (χ3v) is 6.79. The Labute approximate surface area is 167 Å². The first-order valence-electron chi connectivity index (χ1n) is 11.0. The summed E-state index contributed by atoms with van der Waals surface area (Å²) >= 11 is 0. The monoisotopic (exact) mass is 387 g/mol. The molecule has 6 heteroatoms. The van der Waals surface area contributed by atoms with E-state index in [1.165, 1.54) is 12.1 Å².